The molecule has 1 aromatic carbocycles. The summed E-state index contributed by atoms with van der Waals surface area (Å²) in [7, 11) is 0. The number of nitro groups is 1. The van der Waals surface area contributed by atoms with Crippen LogP contribution in [0.5, 0.6) is 0 Å². The standard InChI is InChI=1S/C13H16N4O2/c1-4-13(2,3)16-12-10-7-9(17(18)19)5-6-11(10)14-8-15-12/h5-8H,4H2,1-3H3,(H,14,15,16). The fraction of sp³-hybridized carbons (Fsp3) is 0.385. The average molecular weight is 260 g/mol. The smallest absolute Gasteiger partial charge is 0.270 e. The molecule has 0 saturated heterocycles. The molecule has 100 valence electrons. The lowest BCUT2D eigenvalue weighted by Crippen LogP contribution is -2.30. The van der Waals surface area contributed by atoms with Crippen molar-refractivity contribution in [2.45, 2.75) is 32.7 Å². The summed E-state index contributed by atoms with van der Waals surface area (Å²) >= 11 is 0. The molecular formula is C13H16N4O2. The highest BCUT2D eigenvalue weighted by Crippen LogP contribution is 2.26. The van der Waals surface area contributed by atoms with E-state index in [1.54, 1.807) is 6.07 Å². The largest absolute Gasteiger partial charge is 0.365 e. The van der Waals surface area contributed by atoms with Crippen LogP contribution in [0.4, 0.5) is 11.5 Å². The summed E-state index contributed by atoms with van der Waals surface area (Å²) in [6, 6.07) is 4.59. The van der Waals surface area contributed by atoms with Crippen molar-refractivity contribution in [3.63, 3.8) is 0 Å². The summed E-state index contributed by atoms with van der Waals surface area (Å²) < 4.78 is 0. The molecule has 0 atom stereocenters. The number of nitrogens with zero attached hydrogens (tertiary/aromatic N) is 3. The van der Waals surface area contributed by atoms with E-state index in [9.17, 15) is 10.1 Å². The van der Waals surface area contributed by atoms with Gasteiger partial charge in [0.25, 0.3) is 5.69 Å². The molecule has 1 aromatic heterocycles. The van der Waals surface area contributed by atoms with Gasteiger partial charge in [-0.1, -0.05) is 6.92 Å². The minimum absolute atomic E-state index is 0.0413. The molecule has 6 heteroatoms. The fourth-order valence-electron chi connectivity index (χ4n) is 1.67. The van der Waals surface area contributed by atoms with Gasteiger partial charge in [0, 0.05) is 23.1 Å². The van der Waals surface area contributed by atoms with E-state index < -0.39 is 4.92 Å². The molecule has 19 heavy (non-hydrogen) atoms. The molecule has 1 heterocycles. The number of benzene rings is 1. The van der Waals surface area contributed by atoms with Crippen LogP contribution in [0.3, 0.4) is 0 Å². The number of rotatable bonds is 4. The lowest BCUT2D eigenvalue weighted by Gasteiger charge is -2.25. The van der Waals surface area contributed by atoms with Crippen molar-refractivity contribution in [1.29, 1.82) is 0 Å². The van der Waals surface area contributed by atoms with Crippen LogP contribution in [-0.2, 0) is 0 Å². The summed E-state index contributed by atoms with van der Waals surface area (Å²) in [5.74, 6) is 0.626. The Hall–Kier alpha value is -2.24. The first-order valence-corrected chi connectivity index (χ1v) is 6.10. The number of hydrogen-bond acceptors (Lipinski definition) is 5. The Morgan fingerprint density at radius 1 is 1.37 bits per heavy atom. The molecule has 0 fully saturated rings. The third-order valence-electron chi connectivity index (χ3n) is 3.17. The summed E-state index contributed by atoms with van der Waals surface area (Å²) in [5, 5.41) is 14.8. The monoisotopic (exact) mass is 260 g/mol. The molecule has 0 spiro atoms. The Bertz CT molecular complexity index is 625. The van der Waals surface area contributed by atoms with Gasteiger partial charge in [-0.2, -0.15) is 0 Å². The molecule has 2 aromatic rings. The first-order valence-electron chi connectivity index (χ1n) is 6.10. The Balaban J connectivity index is 2.54. The molecule has 6 nitrogen and oxygen atoms in total. The zero-order valence-electron chi connectivity index (χ0n) is 11.2. The van der Waals surface area contributed by atoms with Crippen molar-refractivity contribution < 1.29 is 4.92 Å². The van der Waals surface area contributed by atoms with Gasteiger partial charge in [0.05, 0.1) is 10.4 Å². The molecule has 0 aliphatic rings. The van der Waals surface area contributed by atoms with Gasteiger partial charge >= 0.3 is 0 Å². The quantitative estimate of drug-likeness (QED) is 0.674. The van der Waals surface area contributed by atoms with Crippen molar-refractivity contribution in [2.24, 2.45) is 0 Å². The second kappa shape index (κ2) is 4.79. The van der Waals surface area contributed by atoms with Crippen molar-refractivity contribution in [2.75, 3.05) is 5.32 Å². The zero-order valence-corrected chi connectivity index (χ0v) is 11.2. The van der Waals surface area contributed by atoms with Gasteiger partial charge in [0.2, 0.25) is 0 Å². The Kier molecular flexibility index (Phi) is 3.33. The third kappa shape index (κ3) is 2.78. The van der Waals surface area contributed by atoms with E-state index in [0.717, 1.165) is 6.42 Å². The van der Waals surface area contributed by atoms with E-state index in [2.05, 4.69) is 36.1 Å². The highest BCUT2D eigenvalue weighted by molar-refractivity contribution is 5.90. The predicted molar refractivity (Wildman–Crippen MR) is 74.2 cm³/mol. The second-order valence-corrected chi connectivity index (χ2v) is 5.04. The van der Waals surface area contributed by atoms with Crippen molar-refractivity contribution in [3.8, 4) is 0 Å². The van der Waals surface area contributed by atoms with Crippen molar-refractivity contribution in [1.82, 2.24) is 9.97 Å². The van der Waals surface area contributed by atoms with Crippen LogP contribution >= 0.6 is 0 Å². The summed E-state index contributed by atoms with van der Waals surface area (Å²) in [4.78, 5) is 18.7. The number of anilines is 1. The predicted octanol–water partition coefficient (Wildman–Crippen LogP) is 3.14. The van der Waals surface area contributed by atoms with Crippen molar-refractivity contribution in [3.05, 3.63) is 34.6 Å². The molecule has 0 saturated carbocycles. The fourth-order valence-corrected chi connectivity index (χ4v) is 1.67. The average Bonchev–Trinajstić information content (AvgIpc) is 2.38. The molecule has 1 N–H and O–H groups in total. The van der Waals surface area contributed by atoms with Crippen LogP contribution in [0.1, 0.15) is 27.2 Å². The zero-order chi connectivity index (χ0) is 14.0. The first-order chi connectivity index (χ1) is 8.93. The number of nitro benzene ring substituents is 1. The SMILES string of the molecule is CCC(C)(C)Nc1ncnc2ccc([N+](=O)[O-])cc12. The van der Waals surface area contributed by atoms with Gasteiger partial charge in [-0.3, -0.25) is 10.1 Å². The topological polar surface area (TPSA) is 81.0 Å². The van der Waals surface area contributed by atoms with E-state index in [0.29, 0.717) is 16.7 Å². The highest BCUT2D eigenvalue weighted by atomic mass is 16.6. The minimum Gasteiger partial charge on any atom is -0.365 e. The van der Waals surface area contributed by atoms with E-state index >= 15 is 0 Å². The van der Waals surface area contributed by atoms with Crippen LogP contribution < -0.4 is 5.32 Å². The third-order valence-corrected chi connectivity index (χ3v) is 3.17. The van der Waals surface area contributed by atoms with E-state index in [4.69, 9.17) is 0 Å². The number of hydrogen-bond donors (Lipinski definition) is 1. The van der Waals surface area contributed by atoms with Crippen LogP contribution in [0.2, 0.25) is 0 Å². The summed E-state index contributed by atoms with van der Waals surface area (Å²) in [6.45, 7) is 6.18. The summed E-state index contributed by atoms with van der Waals surface area (Å²) in [5.41, 5.74) is 0.598. The molecule has 0 aliphatic carbocycles. The van der Waals surface area contributed by atoms with E-state index in [1.807, 2.05) is 0 Å². The number of nitrogens with one attached hydrogen (secondary N) is 1. The van der Waals surface area contributed by atoms with Crippen LogP contribution in [-0.4, -0.2) is 20.4 Å². The molecule has 0 radical (unpaired) electrons. The van der Waals surface area contributed by atoms with Crippen molar-refractivity contribution >= 4 is 22.4 Å². The van der Waals surface area contributed by atoms with E-state index in [1.165, 1.54) is 18.5 Å². The number of aromatic nitrogens is 2. The van der Waals surface area contributed by atoms with Crippen LogP contribution in [0.15, 0.2) is 24.5 Å². The Labute approximate surface area is 111 Å². The maximum atomic E-state index is 10.8. The maximum Gasteiger partial charge on any atom is 0.270 e. The van der Waals surface area contributed by atoms with Gasteiger partial charge in [-0.05, 0) is 26.3 Å². The second-order valence-electron chi connectivity index (χ2n) is 5.04. The minimum atomic E-state index is -0.415. The van der Waals surface area contributed by atoms with Gasteiger partial charge in [0.1, 0.15) is 12.1 Å². The highest BCUT2D eigenvalue weighted by Gasteiger charge is 2.18. The van der Waals surface area contributed by atoms with Gasteiger partial charge in [0.15, 0.2) is 0 Å². The molecule has 2 rings (SSSR count). The van der Waals surface area contributed by atoms with E-state index in [-0.39, 0.29) is 11.2 Å². The summed E-state index contributed by atoms with van der Waals surface area (Å²) in [6.07, 6.45) is 2.37. The normalized spacial score (nSPS) is 11.5. The molecule has 0 unspecified atom stereocenters. The van der Waals surface area contributed by atoms with Gasteiger partial charge < -0.3 is 5.32 Å². The molecule has 0 bridgehead atoms. The lowest BCUT2D eigenvalue weighted by molar-refractivity contribution is -0.384. The van der Waals surface area contributed by atoms with Crippen LogP contribution in [0.25, 0.3) is 10.9 Å². The molecule has 0 amide bonds. The first kappa shape index (κ1) is 13.2. The Morgan fingerprint density at radius 2 is 2.11 bits per heavy atom. The molecular weight excluding hydrogens is 244 g/mol. The van der Waals surface area contributed by atoms with Gasteiger partial charge in [-0.25, -0.2) is 9.97 Å². The molecule has 0 aliphatic heterocycles. The van der Waals surface area contributed by atoms with Crippen LogP contribution in [0, 0.1) is 10.1 Å². The number of non-ortho nitro benzene ring substituents is 1. The number of fused-ring (bicyclic) bond motifs is 1. The Morgan fingerprint density at radius 3 is 2.74 bits per heavy atom. The lowest BCUT2D eigenvalue weighted by atomic mass is 10.0. The van der Waals surface area contributed by atoms with Gasteiger partial charge in [-0.15, -0.1) is 0 Å². The maximum absolute atomic E-state index is 10.8.